The summed E-state index contributed by atoms with van der Waals surface area (Å²) in [5.74, 6) is 0.833. The highest BCUT2D eigenvalue weighted by Crippen LogP contribution is 2.25. The molecule has 2 saturated heterocycles. The van der Waals surface area contributed by atoms with Crippen molar-refractivity contribution >= 4 is 0 Å². The summed E-state index contributed by atoms with van der Waals surface area (Å²) in [5.41, 5.74) is 0.290. The minimum atomic E-state index is 0.290. The number of hydrogen-bond acceptors (Lipinski definition) is 3. The van der Waals surface area contributed by atoms with E-state index in [4.69, 9.17) is 0 Å². The number of piperidine rings is 1. The van der Waals surface area contributed by atoms with Gasteiger partial charge in [-0.1, -0.05) is 13.8 Å². The van der Waals surface area contributed by atoms with E-state index in [9.17, 15) is 0 Å². The summed E-state index contributed by atoms with van der Waals surface area (Å²) in [6, 6.07) is 0.730. The molecule has 0 aliphatic carbocycles. The highest BCUT2D eigenvalue weighted by Gasteiger charge is 2.36. The Morgan fingerprint density at radius 1 is 1.16 bits per heavy atom. The smallest absolute Gasteiger partial charge is 0.0280 e. The average molecular weight is 267 g/mol. The Kier molecular flexibility index (Phi) is 5.27. The molecular weight excluding hydrogens is 234 g/mol. The summed E-state index contributed by atoms with van der Waals surface area (Å²) in [7, 11) is 0. The normalized spacial score (nSPS) is 29.8. The van der Waals surface area contributed by atoms with Crippen molar-refractivity contribution in [3.8, 4) is 0 Å². The van der Waals surface area contributed by atoms with Crippen LogP contribution in [0, 0.1) is 5.92 Å². The predicted octanol–water partition coefficient (Wildman–Crippen LogP) is 2.18. The fraction of sp³-hybridized carbons (Fsp3) is 1.00. The van der Waals surface area contributed by atoms with E-state index < -0.39 is 0 Å². The summed E-state index contributed by atoms with van der Waals surface area (Å²) in [4.78, 5) is 5.39. The van der Waals surface area contributed by atoms with E-state index in [1.807, 2.05) is 0 Å². The lowest BCUT2D eigenvalue weighted by atomic mass is 9.85. The average Bonchev–Trinajstić information content (AvgIpc) is 2.37. The van der Waals surface area contributed by atoms with Crippen LogP contribution >= 0.6 is 0 Å². The van der Waals surface area contributed by atoms with Gasteiger partial charge >= 0.3 is 0 Å². The van der Waals surface area contributed by atoms with Gasteiger partial charge in [0.15, 0.2) is 0 Å². The number of nitrogens with zero attached hydrogens (tertiary/aromatic N) is 2. The van der Waals surface area contributed by atoms with Crippen LogP contribution in [0.3, 0.4) is 0 Å². The molecule has 1 N–H and O–H groups in total. The van der Waals surface area contributed by atoms with Crippen molar-refractivity contribution in [2.24, 2.45) is 5.92 Å². The fourth-order valence-corrected chi connectivity index (χ4v) is 3.56. The summed E-state index contributed by atoms with van der Waals surface area (Å²) in [6.45, 7) is 16.9. The van der Waals surface area contributed by atoms with E-state index in [0.29, 0.717) is 5.54 Å². The number of nitrogens with one attached hydrogen (secondary N) is 1. The van der Waals surface area contributed by atoms with E-state index in [2.05, 4.69) is 42.8 Å². The predicted molar refractivity (Wildman–Crippen MR) is 82.6 cm³/mol. The molecule has 0 bridgehead atoms. The maximum atomic E-state index is 3.70. The van der Waals surface area contributed by atoms with Crippen LogP contribution in [0.5, 0.6) is 0 Å². The fourth-order valence-electron chi connectivity index (χ4n) is 3.56. The Morgan fingerprint density at radius 3 is 2.42 bits per heavy atom. The first kappa shape index (κ1) is 15.3. The third kappa shape index (κ3) is 4.17. The molecule has 0 aromatic carbocycles. The number of piperazine rings is 1. The zero-order valence-electron chi connectivity index (χ0n) is 13.4. The molecule has 2 aliphatic heterocycles. The van der Waals surface area contributed by atoms with Gasteiger partial charge in [0.05, 0.1) is 0 Å². The van der Waals surface area contributed by atoms with Crippen molar-refractivity contribution in [3.05, 3.63) is 0 Å². The Morgan fingerprint density at radius 2 is 1.84 bits per heavy atom. The second-order valence-corrected chi connectivity index (χ2v) is 7.37. The van der Waals surface area contributed by atoms with Gasteiger partial charge in [0.25, 0.3) is 0 Å². The van der Waals surface area contributed by atoms with Gasteiger partial charge in [-0.25, -0.2) is 0 Å². The molecule has 112 valence electrons. The number of hydrogen-bond donors (Lipinski definition) is 1. The Labute approximate surface area is 119 Å². The van der Waals surface area contributed by atoms with Crippen LogP contribution in [-0.4, -0.2) is 60.6 Å². The molecule has 1 atom stereocenters. The van der Waals surface area contributed by atoms with Gasteiger partial charge < -0.3 is 10.2 Å². The van der Waals surface area contributed by atoms with Gasteiger partial charge in [-0.15, -0.1) is 0 Å². The maximum absolute atomic E-state index is 3.70. The molecule has 1 unspecified atom stereocenters. The van der Waals surface area contributed by atoms with Gasteiger partial charge in [0, 0.05) is 37.8 Å². The van der Waals surface area contributed by atoms with Crippen molar-refractivity contribution in [2.45, 2.75) is 58.5 Å². The van der Waals surface area contributed by atoms with Crippen LogP contribution in [0.1, 0.15) is 47.0 Å². The SMILES string of the molecule is CC(C)CCN1CCN(C2CCCNC2(C)C)CC1. The van der Waals surface area contributed by atoms with Gasteiger partial charge in [0.1, 0.15) is 0 Å². The quantitative estimate of drug-likeness (QED) is 0.842. The molecule has 2 fully saturated rings. The van der Waals surface area contributed by atoms with E-state index >= 15 is 0 Å². The first-order chi connectivity index (χ1) is 8.99. The Hall–Kier alpha value is -0.120. The van der Waals surface area contributed by atoms with Crippen LogP contribution in [0.4, 0.5) is 0 Å². The minimum absolute atomic E-state index is 0.290. The van der Waals surface area contributed by atoms with Crippen LogP contribution < -0.4 is 5.32 Å². The molecule has 0 saturated carbocycles. The topological polar surface area (TPSA) is 18.5 Å². The van der Waals surface area contributed by atoms with Crippen molar-refractivity contribution in [1.82, 2.24) is 15.1 Å². The van der Waals surface area contributed by atoms with E-state index in [-0.39, 0.29) is 0 Å². The van der Waals surface area contributed by atoms with E-state index in [0.717, 1.165) is 12.0 Å². The Balaban J connectivity index is 1.79. The molecule has 2 rings (SSSR count). The van der Waals surface area contributed by atoms with Crippen LogP contribution in [0.25, 0.3) is 0 Å². The standard InChI is InChI=1S/C16H33N3/c1-14(2)7-9-18-10-12-19(13-11-18)15-6-5-8-17-16(15,3)4/h14-15,17H,5-13H2,1-4H3. The first-order valence-electron chi connectivity index (χ1n) is 8.20. The summed E-state index contributed by atoms with van der Waals surface area (Å²) in [5, 5.41) is 3.70. The second-order valence-electron chi connectivity index (χ2n) is 7.37. The lowest BCUT2D eigenvalue weighted by molar-refractivity contribution is 0.0375. The third-order valence-electron chi connectivity index (χ3n) is 4.94. The minimum Gasteiger partial charge on any atom is -0.310 e. The van der Waals surface area contributed by atoms with Crippen molar-refractivity contribution in [3.63, 3.8) is 0 Å². The van der Waals surface area contributed by atoms with Gasteiger partial charge in [0.2, 0.25) is 0 Å². The van der Waals surface area contributed by atoms with Crippen molar-refractivity contribution < 1.29 is 0 Å². The van der Waals surface area contributed by atoms with Crippen molar-refractivity contribution in [2.75, 3.05) is 39.3 Å². The molecule has 2 aliphatic rings. The lowest BCUT2D eigenvalue weighted by Crippen LogP contribution is -2.63. The highest BCUT2D eigenvalue weighted by atomic mass is 15.3. The number of rotatable bonds is 4. The molecular formula is C16H33N3. The zero-order chi connectivity index (χ0) is 13.9. The maximum Gasteiger partial charge on any atom is 0.0280 e. The Bertz CT molecular complexity index is 267. The van der Waals surface area contributed by atoms with E-state index in [1.165, 1.54) is 58.5 Å². The molecule has 0 spiro atoms. The summed E-state index contributed by atoms with van der Waals surface area (Å²) in [6.07, 6.45) is 4.05. The van der Waals surface area contributed by atoms with Gasteiger partial charge in [-0.3, -0.25) is 4.90 Å². The van der Waals surface area contributed by atoms with Gasteiger partial charge in [-0.2, -0.15) is 0 Å². The van der Waals surface area contributed by atoms with E-state index in [1.54, 1.807) is 0 Å². The molecule has 0 aromatic rings. The largest absolute Gasteiger partial charge is 0.310 e. The lowest BCUT2D eigenvalue weighted by Gasteiger charge is -2.48. The monoisotopic (exact) mass is 267 g/mol. The summed E-state index contributed by atoms with van der Waals surface area (Å²) < 4.78 is 0. The molecule has 0 radical (unpaired) electrons. The third-order valence-corrected chi connectivity index (χ3v) is 4.94. The van der Waals surface area contributed by atoms with Crippen molar-refractivity contribution in [1.29, 1.82) is 0 Å². The van der Waals surface area contributed by atoms with Gasteiger partial charge in [-0.05, 0) is 52.1 Å². The van der Waals surface area contributed by atoms with Crippen LogP contribution in [-0.2, 0) is 0 Å². The second kappa shape index (κ2) is 6.55. The van der Waals surface area contributed by atoms with Crippen LogP contribution in [0.15, 0.2) is 0 Å². The molecule has 2 heterocycles. The zero-order valence-corrected chi connectivity index (χ0v) is 13.4. The molecule has 3 heteroatoms. The summed E-state index contributed by atoms with van der Waals surface area (Å²) >= 11 is 0. The molecule has 19 heavy (non-hydrogen) atoms. The molecule has 3 nitrogen and oxygen atoms in total. The molecule has 0 amide bonds. The van der Waals surface area contributed by atoms with Crippen LogP contribution in [0.2, 0.25) is 0 Å². The first-order valence-corrected chi connectivity index (χ1v) is 8.20. The molecule has 0 aromatic heterocycles. The highest BCUT2D eigenvalue weighted by molar-refractivity contribution is 4.97.